The van der Waals surface area contributed by atoms with Gasteiger partial charge in [-0.2, -0.15) is 0 Å². The number of aryl methyl sites for hydroxylation is 1. The topological polar surface area (TPSA) is 24.9 Å². The molecule has 0 bridgehead atoms. The van der Waals surface area contributed by atoms with Crippen LogP contribution in [-0.4, -0.2) is 18.2 Å². The Balaban J connectivity index is 2.69. The first-order valence-electron chi connectivity index (χ1n) is 3.67. The predicted octanol–water partition coefficient (Wildman–Crippen LogP) is 2.38. The number of nitrogens with zero attached hydrogens (tertiary/aromatic N) is 1. The second-order valence-electron chi connectivity index (χ2n) is 2.38. The fourth-order valence-electron chi connectivity index (χ4n) is 0.818. The van der Waals surface area contributed by atoms with Gasteiger partial charge in [0, 0.05) is 10.1 Å². The van der Waals surface area contributed by atoms with Crippen molar-refractivity contribution in [3.63, 3.8) is 0 Å². The lowest BCUT2D eigenvalue weighted by molar-refractivity contribution is 0.512. The zero-order chi connectivity index (χ0) is 8.97. The first kappa shape index (κ1) is 9.70. The molecule has 1 rings (SSSR count). The molecule has 0 unspecified atom stereocenters. The molecule has 1 aromatic heterocycles. The smallest absolute Gasteiger partial charge is 0.126 e. The molecule has 1 heterocycles. The normalized spacial score (nSPS) is 9.92. The van der Waals surface area contributed by atoms with Crippen LogP contribution in [0.5, 0.6) is 0 Å². The largest absolute Gasteiger partial charge is 0.367 e. The molecule has 4 heteroatoms. The maximum atomic E-state index is 11.8. The molecule has 0 spiro atoms. The van der Waals surface area contributed by atoms with Crippen molar-refractivity contribution in [1.29, 1.82) is 0 Å². The number of aromatic nitrogens is 1. The zero-order valence-electron chi connectivity index (χ0n) is 6.77. The summed E-state index contributed by atoms with van der Waals surface area (Å²) in [6.07, 6.45) is 0. The van der Waals surface area contributed by atoms with Gasteiger partial charge in [-0.05, 0) is 41.6 Å². The van der Waals surface area contributed by atoms with Crippen LogP contribution in [0.4, 0.5) is 10.2 Å². The molecule has 0 amide bonds. The quantitative estimate of drug-likeness (QED) is 0.860. The molecule has 0 saturated carbocycles. The summed E-state index contributed by atoms with van der Waals surface area (Å²) in [6.45, 7) is 1.89. The number of pyridine rings is 1. The minimum absolute atomic E-state index is 0.326. The van der Waals surface area contributed by atoms with Crippen molar-refractivity contribution < 1.29 is 4.39 Å². The van der Waals surface area contributed by atoms with Crippen molar-refractivity contribution in [1.82, 2.24) is 4.98 Å². The van der Waals surface area contributed by atoms with E-state index in [1.54, 1.807) is 0 Å². The van der Waals surface area contributed by atoms with E-state index in [0.29, 0.717) is 6.54 Å². The first-order valence-corrected chi connectivity index (χ1v) is 4.75. The lowest BCUT2D eigenvalue weighted by Gasteiger charge is -2.04. The van der Waals surface area contributed by atoms with Crippen LogP contribution in [0.3, 0.4) is 0 Å². The standard InChI is InChI=1S/C8H10FIN2/c1-6-7(10)2-3-8(12-6)11-5-4-9/h2-3H,4-5H2,1H3,(H,11,12). The Bertz CT molecular complexity index is 265. The third-order valence-corrected chi connectivity index (χ3v) is 2.56. The number of anilines is 1. The first-order chi connectivity index (χ1) is 5.74. The fraction of sp³-hybridized carbons (Fsp3) is 0.375. The Hall–Kier alpha value is -0.390. The highest BCUT2D eigenvalue weighted by atomic mass is 127. The maximum absolute atomic E-state index is 11.8. The lowest BCUT2D eigenvalue weighted by atomic mass is 10.4. The van der Waals surface area contributed by atoms with Crippen molar-refractivity contribution in [2.45, 2.75) is 6.92 Å². The molecule has 0 radical (unpaired) electrons. The molecule has 0 atom stereocenters. The SMILES string of the molecule is Cc1nc(NCCF)ccc1I. The van der Waals surface area contributed by atoms with Gasteiger partial charge in [0.25, 0.3) is 0 Å². The molecule has 2 nitrogen and oxygen atoms in total. The van der Waals surface area contributed by atoms with E-state index in [0.717, 1.165) is 15.1 Å². The number of rotatable bonds is 3. The summed E-state index contributed by atoms with van der Waals surface area (Å²) < 4.78 is 12.9. The van der Waals surface area contributed by atoms with Crippen molar-refractivity contribution in [3.8, 4) is 0 Å². The van der Waals surface area contributed by atoms with Crippen LogP contribution in [0.15, 0.2) is 12.1 Å². The van der Waals surface area contributed by atoms with Crippen molar-refractivity contribution >= 4 is 28.4 Å². The van der Waals surface area contributed by atoms with Gasteiger partial charge in [-0.15, -0.1) is 0 Å². The van der Waals surface area contributed by atoms with Gasteiger partial charge in [0.05, 0.1) is 5.69 Å². The Morgan fingerprint density at radius 3 is 2.92 bits per heavy atom. The Labute approximate surface area is 84.7 Å². The summed E-state index contributed by atoms with van der Waals surface area (Å²) in [5.74, 6) is 0.741. The lowest BCUT2D eigenvalue weighted by Crippen LogP contribution is -2.05. The van der Waals surface area contributed by atoms with Gasteiger partial charge in [0.15, 0.2) is 0 Å². The van der Waals surface area contributed by atoms with Gasteiger partial charge in [0.2, 0.25) is 0 Å². The number of halogens is 2. The summed E-state index contributed by atoms with van der Waals surface area (Å²) in [4.78, 5) is 4.22. The third-order valence-electron chi connectivity index (χ3n) is 1.42. The highest BCUT2D eigenvalue weighted by molar-refractivity contribution is 14.1. The molecule has 0 saturated heterocycles. The summed E-state index contributed by atoms with van der Waals surface area (Å²) >= 11 is 2.21. The highest BCUT2D eigenvalue weighted by Gasteiger charge is 1.97. The van der Waals surface area contributed by atoms with E-state index in [4.69, 9.17) is 0 Å². The summed E-state index contributed by atoms with van der Waals surface area (Å²) in [5, 5.41) is 2.87. The minimum Gasteiger partial charge on any atom is -0.367 e. The van der Waals surface area contributed by atoms with E-state index in [-0.39, 0.29) is 6.67 Å². The molecule has 0 aromatic carbocycles. The summed E-state index contributed by atoms with van der Waals surface area (Å²) in [7, 11) is 0. The van der Waals surface area contributed by atoms with Crippen molar-refractivity contribution in [3.05, 3.63) is 21.4 Å². The van der Waals surface area contributed by atoms with Gasteiger partial charge < -0.3 is 5.32 Å². The maximum Gasteiger partial charge on any atom is 0.126 e. The molecule has 0 aliphatic carbocycles. The molecule has 0 aliphatic rings. The van der Waals surface area contributed by atoms with E-state index >= 15 is 0 Å². The molecule has 0 aliphatic heterocycles. The van der Waals surface area contributed by atoms with Crippen LogP contribution in [0.1, 0.15) is 5.69 Å². The van der Waals surface area contributed by atoms with Crippen LogP contribution in [0, 0.1) is 10.5 Å². The number of nitrogens with one attached hydrogen (secondary N) is 1. The number of hydrogen-bond acceptors (Lipinski definition) is 2. The third kappa shape index (κ3) is 2.58. The molecule has 66 valence electrons. The average Bonchev–Trinajstić information content (AvgIpc) is 2.07. The van der Waals surface area contributed by atoms with Gasteiger partial charge in [0.1, 0.15) is 12.5 Å². The van der Waals surface area contributed by atoms with Gasteiger partial charge in [-0.3, -0.25) is 0 Å². The van der Waals surface area contributed by atoms with Gasteiger partial charge in [-0.25, -0.2) is 9.37 Å². The molecular formula is C8H10FIN2. The second kappa shape index (κ2) is 4.59. The zero-order valence-corrected chi connectivity index (χ0v) is 8.93. The van der Waals surface area contributed by atoms with Crippen LogP contribution < -0.4 is 5.32 Å². The van der Waals surface area contributed by atoms with E-state index in [1.807, 2.05) is 19.1 Å². The van der Waals surface area contributed by atoms with E-state index in [2.05, 4.69) is 32.9 Å². The van der Waals surface area contributed by atoms with Crippen LogP contribution >= 0.6 is 22.6 Å². The Morgan fingerprint density at radius 2 is 2.33 bits per heavy atom. The fourth-order valence-corrected chi connectivity index (χ4v) is 1.12. The summed E-state index contributed by atoms with van der Waals surface area (Å²) in [5.41, 5.74) is 0.972. The predicted molar refractivity (Wildman–Crippen MR) is 56.2 cm³/mol. The second-order valence-corrected chi connectivity index (χ2v) is 3.54. The van der Waals surface area contributed by atoms with Crippen LogP contribution in [0.2, 0.25) is 0 Å². The van der Waals surface area contributed by atoms with Crippen LogP contribution in [0.25, 0.3) is 0 Å². The molecule has 1 aromatic rings. The van der Waals surface area contributed by atoms with E-state index < -0.39 is 0 Å². The number of alkyl halides is 1. The highest BCUT2D eigenvalue weighted by Crippen LogP contribution is 2.11. The Kier molecular flexibility index (Phi) is 3.71. The van der Waals surface area contributed by atoms with E-state index in [9.17, 15) is 4.39 Å². The number of hydrogen-bond donors (Lipinski definition) is 1. The monoisotopic (exact) mass is 280 g/mol. The molecule has 0 fully saturated rings. The summed E-state index contributed by atoms with van der Waals surface area (Å²) in [6, 6.07) is 3.81. The minimum atomic E-state index is -0.368. The Morgan fingerprint density at radius 1 is 1.58 bits per heavy atom. The van der Waals surface area contributed by atoms with Gasteiger partial charge >= 0.3 is 0 Å². The molecule has 12 heavy (non-hydrogen) atoms. The molecule has 1 N–H and O–H groups in total. The van der Waals surface area contributed by atoms with Crippen molar-refractivity contribution in [2.24, 2.45) is 0 Å². The van der Waals surface area contributed by atoms with Crippen molar-refractivity contribution in [2.75, 3.05) is 18.5 Å². The molecular weight excluding hydrogens is 270 g/mol. The average molecular weight is 280 g/mol. The van der Waals surface area contributed by atoms with E-state index in [1.165, 1.54) is 0 Å². The van der Waals surface area contributed by atoms with Crippen LogP contribution in [-0.2, 0) is 0 Å². The van der Waals surface area contributed by atoms with Gasteiger partial charge in [-0.1, -0.05) is 0 Å².